The highest BCUT2D eigenvalue weighted by atomic mass is 16.4. The van der Waals surface area contributed by atoms with Crippen LogP contribution < -0.4 is 5.73 Å². The lowest BCUT2D eigenvalue weighted by Crippen LogP contribution is -2.16. The maximum absolute atomic E-state index is 10.9. The van der Waals surface area contributed by atoms with Gasteiger partial charge in [0.05, 0.1) is 12.2 Å². The van der Waals surface area contributed by atoms with E-state index in [1.807, 2.05) is 13.8 Å². The number of hydrogen-bond acceptors (Lipinski definition) is 4. The third kappa shape index (κ3) is 2.76. The Labute approximate surface area is 88.1 Å². The first-order valence-electron chi connectivity index (χ1n) is 4.92. The molecule has 0 aliphatic carbocycles. The Bertz CT molecular complexity index is 346. The fourth-order valence-electron chi connectivity index (χ4n) is 1.39. The van der Waals surface area contributed by atoms with E-state index < -0.39 is 5.97 Å². The summed E-state index contributed by atoms with van der Waals surface area (Å²) in [7, 11) is 0. The molecule has 6 heteroatoms. The predicted molar refractivity (Wildman–Crippen MR) is 54.6 cm³/mol. The van der Waals surface area contributed by atoms with E-state index in [0.29, 0.717) is 31.1 Å². The molecule has 0 saturated heterocycles. The molecule has 0 aromatic carbocycles. The normalized spacial score (nSPS) is 10.9. The molecule has 1 aromatic rings. The molecular formula is C9H16N4O2. The molecule has 1 aromatic heterocycles. The summed E-state index contributed by atoms with van der Waals surface area (Å²) in [6.07, 6.45) is 0.647. The molecule has 6 nitrogen and oxygen atoms in total. The van der Waals surface area contributed by atoms with E-state index in [0.717, 1.165) is 0 Å². The highest BCUT2D eigenvalue weighted by Gasteiger charge is 2.19. The van der Waals surface area contributed by atoms with Gasteiger partial charge in [0.2, 0.25) is 0 Å². The van der Waals surface area contributed by atoms with Crippen molar-refractivity contribution >= 4 is 5.97 Å². The van der Waals surface area contributed by atoms with Gasteiger partial charge in [-0.3, -0.25) is 0 Å². The molecule has 1 heterocycles. The molecule has 0 bridgehead atoms. The Hall–Kier alpha value is -1.43. The number of carboxylic acid groups (broad SMARTS) is 1. The van der Waals surface area contributed by atoms with Crippen LogP contribution in [0.3, 0.4) is 0 Å². The second-order valence-electron chi connectivity index (χ2n) is 3.80. The molecule has 0 unspecified atom stereocenters. The van der Waals surface area contributed by atoms with Crippen molar-refractivity contribution in [2.24, 2.45) is 11.7 Å². The minimum absolute atomic E-state index is 0.0390. The minimum Gasteiger partial charge on any atom is -0.476 e. The van der Waals surface area contributed by atoms with E-state index >= 15 is 0 Å². The van der Waals surface area contributed by atoms with Gasteiger partial charge in [-0.05, 0) is 12.3 Å². The average molecular weight is 212 g/mol. The molecule has 0 aliphatic heterocycles. The van der Waals surface area contributed by atoms with Crippen LogP contribution in [0.1, 0.15) is 30.0 Å². The Morgan fingerprint density at radius 2 is 2.27 bits per heavy atom. The molecule has 0 atom stereocenters. The van der Waals surface area contributed by atoms with Crippen molar-refractivity contribution < 1.29 is 9.90 Å². The van der Waals surface area contributed by atoms with Gasteiger partial charge in [0.25, 0.3) is 0 Å². The van der Waals surface area contributed by atoms with Gasteiger partial charge in [0.15, 0.2) is 5.69 Å². The van der Waals surface area contributed by atoms with Gasteiger partial charge in [0.1, 0.15) is 0 Å². The summed E-state index contributed by atoms with van der Waals surface area (Å²) < 4.78 is 1.57. The van der Waals surface area contributed by atoms with Crippen LogP contribution in [0.2, 0.25) is 0 Å². The van der Waals surface area contributed by atoms with Crippen molar-refractivity contribution in [1.82, 2.24) is 15.0 Å². The summed E-state index contributed by atoms with van der Waals surface area (Å²) in [6.45, 7) is 4.96. The summed E-state index contributed by atoms with van der Waals surface area (Å²) >= 11 is 0. The number of aromatic carboxylic acids is 1. The quantitative estimate of drug-likeness (QED) is 0.723. The second kappa shape index (κ2) is 4.88. The fraction of sp³-hybridized carbons (Fsp3) is 0.667. The maximum atomic E-state index is 10.9. The summed E-state index contributed by atoms with van der Waals surface area (Å²) in [5.41, 5.74) is 6.10. The number of rotatable bonds is 5. The van der Waals surface area contributed by atoms with Gasteiger partial charge in [-0.1, -0.05) is 19.1 Å². The molecule has 0 amide bonds. The molecular weight excluding hydrogens is 196 g/mol. The minimum atomic E-state index is -1.03. The lowest BCUT2D eigenvalue weighted by atomic mass is 10.1. The molecule has 84 valence electrons. The summed E-state index contributed by atoms with van der Waals surface area (Å²) in [6, 6.07) is 0. The molecule has 0 radical (unpaired) electrons. The lowest BCUT2D eigenvalue weighted by Gasteiger charge is -2.07. The van der Waals surface area contributed by atoms with E-state index in [2.05, 4.69) is 10.3 Å². The molecule has 0 spiro atoms. The number of carboxylic acids is 1. The van der Waals surface area contributed by atoms with Crippen LogP contribution in [0.15, 0.2) is 0 Å². The van der Waals surface area contributed by atoms with Crippen LogP contribution in [0, 0.1) is 5.92 Å². The number of hydrogen-bond donors (Lipinski definition) is 2. The standard InChI is InChI=1S/C9H16N4O2/c1-6(2)5-7-8(9(14)15)11-12-13(7)4-3-10/h6H,3-5,10H2,1-2H3,(H,14,15). The first-order chi connectivity index (χ1) is 7.06. The van der Waals surface area contributed by atoms with E-state index in [9.17, 15) is 4.79 Å². The highest BCUT2D eigenvalue weighted by Crippen LogP contribution is 2.11. The van der Waals surface area contributed by atoms with Crippen LogP contribution in [0.5, 0.6) is 0 Å². The average Bonchev–Trinajstić information content (AvgIpc) is 2.48. The van der Waals surface area contributed by atoms with Crippen molar-refractivity contribution in [1.29, 1.82) is 0 Å². The molecule has 0 fully saturated rings. The largest absolute Gasteiger partial charge is 0.476 e. The number of nitrogens with two attached hydrogens (primary N) is 1. The SMILES string of the molecule is CC(C)Cc1c(C(=O)O)nnn1CCN. The number of aromatic nitrogens is 3. The van der Waals surface area contributed by atoms with E-state index in [1.54, 1.807) is 4.68 Å². The van der Waals surface area contributed by atoms with E-state index in [1.165, 1.54) is 0 Å². The van der Waals surface area contributed by atoms with Gasteiger partial charge in [-0.2, -0.15) is 0 Å². The lowest BCUT2D eigenvalue weighted by molar-refractivity contribution is 0.0689. The molecule has 15 heavy (non-hydrogen) atoms. The zero-order valence-corrected chi connectivity index (χ0v) is 8.97. The molecule has 0 aliphatic rings. The Morgan fingerprint density at radius 1 is 1.60 bits per heavy atom. The van der Waals surface area contributed by atoms with Gasteiger partial charge < -0.3 is 10.8 Å². The maximum Gasteiger partial charge on any atom is 0.358 e. The predicted octanol–water partition coefficient (Wildman–Crippen LogP) is 0.134. The van der Waals surface area contributed by atoms with Crippen LogP contribution in [-0.2, 0) is 13.0 Å². The molecule has 3 N–H and O–H groups in total. The molecule has 1 rings (SSSR count). The van der Waals surface area contributed by atoms with Gasteiger partial charge in [0, 0.05) is 6.54 Å². The van der Waals surface area contributed by atoms with Crippen molar-refractivity contribution in [3.63, 3.8) is 0 Å². The fourth-order valence-corrected chi connectivity index (χ4v) is 1.39. The summed E-state index contributed by atoms with van der Waals surface area (Å²) in [4.78, 5) is 10.9. The number of carbonyl (C=O) groups is 1. The molecule has 0 saturated carbocycles. The van der Waals surface area contributed by atoms with Crippen LogP contribution in [0.25, 0.3) is 0 Å². The van der Waals surface area contributed by atoms with Crippen molar-refractivity contribution in [3.8, 4) is 0 Å². The Balaban J connectivity index is 3.02. The summed E-state index contributed by atoms with van der Waals surface area (Å²) in [5.74, 6) is -0.674. The van der Waals surface area contributed by atoms with Gasteiger partial charge in [-0.15, -0.1) is 5.10 Å². The van der Waals surface area contributed by atoms with Crippen LogP contribution in [0.4, 0.5) is 0 Å². The Morgan fingerprint density at radius 3 is 2.73 bits per heavy atom. The van der Waals surface area contributed by atoms with Gasteiger partial charge in [-0.25, -0.2) is 9.48 Å². The number of nitrogens with zero attached hydrogens (tertiary/aromatic N) is 3. The third-order valence-electron chi connectivity index (χ3n) is 1.98. The van der Waals surface area contributed by atoms with Crippen molar-refractivity contribution in [2.45, 2.75) is 26.8 Å². The van der Waals surface area contributed by atoms with Crippen molar-refractivity contribution in [2.75, 3.05) is 6.54 Å². The monoisotopic (exact) mass is 212 g/mol. The van der Waals surface area contributed by atoms with Gasteiger partial charge >= 0.3 is 5.97 Å². The topological polar surface area (TPSA) is 94.0 Å². The zero-order valence-electron chi connectivity index (χ0n) is 8.97. The van der Waals surface area contributed by atoms with E-state index in [-0.39, 0.29) is 5.69 Å². The van der Waals surface area contributed by atoms with Crippen LogP contribution >= 0.6 is 0 Å². The first-order valence-corrected chi connectivity index (χ1v) is 4.92. The summed E-state index contributed by atoms with van der Waals surface area (Å²) in [5, 5.41) is 16.3. The third-order valence-corrected chi connectivity index (χ3v) is 1.98. The van der Waals surface area contributed by atoms with Crippen LogP contribution in [-0.4, -0.2) is 32.6 Å². The first kappa shape index (κ1) is 11.6. The smallest absolute Gasteiger partial charge is 0.358 e. The highest BCUT2D eigenvalue weighted by molar-refractivity contribution is 5.86. The Kier molecular flexibility index (Phi) is 3.79. The van der Waals surface area contributed by atoms with E-state index in [4.69, 9.17) is 10.8 Å². The zero-order chi connectivity index (χ0) is 11.4. The second-order valence-corrected chi connectivity index (χ2v) is 3.80. The van der Waals surface area contributed by atoms with Crippen molar-refractivity contribution in [3.05, 3.63) is 11.4 Å².